The van der Waals surface area contributed by atoms with E-state index in [0.717, 1.165) is 19.6 Å². The number of rotatable bonds is 7. The SMILES string of the molecule is COc1c(NC(C)=O)cc(OC)c2oc(OCCN3CCCCC3)cc12. The number of hydrogen-bond acceptors (Lipinski definition) is 6. The summed E-state index contributed by atoms with van der Waals surface area (Å²) in [6, 6.07) is 3.46. The Bertz CT molecular complexity index is 765. The lowest BCUT2D eigenvalue weighted by atomic mass is 10.1. The number of anilines is 1. The Hall–Kier alpha value is -2.41. The minimum absolute atomic E-state index is 0.189. The predicted molar refractivity (Wildman–Crippen MR) is 99.4 cm³/mol. The van der Waals surface area contributed by atoms with Crippen LogP contribution in [0.5, 0.6) is 17.4 Å². The van der Waals surface area contributed by atoms with Gasteiger partial charge in [-0.05, 0) is 25.9 Å². The summed E-state index contributed by atoms with van der Waals surface area (Å²) in [6.07, 6.45) is 3.83. The van der Waals surface area contributed by atoms with Crippen LogP contribution in [0.15, 0.2) is 16.5 Å². The highest BCUT2D eigenvalue weighted by Crippen LogP contribution is 2.43. The summed E-state index contributed by atoms with van der Waals surface area (Å²) in [6.45, 7) is 5.14. The van der Waals surface area contributed by atoms with Crippen LogP contribution >= 0.6 is 0 Å². The lowest BCUT2D eigenvalue weighted by Gasteiger charge is -2.25. The molecule has 1 aromatic heterocycles. The molecule has 0 radical (unpaired) electrons. The van der Waals surface area contributed by atoms with Crippen LogP contribution in [0.1, 0.15) is 26.2 Å². The highest BCUT2D eigenvalue weighted by atomic mass is 16.6. The molecule has 1 aliphatic heterocycles. The second-order valence-corrected chi connectivity index (χ2v) is 6.40. The van der Waals surface area contributed by atoms with Crippen molar-refractivity contribution in [2.45, 2.75) is 26.2 Å². The second-order valence-electron chi connectivity index (χ2n) is 6.40. The topological polar surface area (TPSA) is 73.2 Å². The molecule has 2 aromatic rings. The molecule has 3 rings (SSSR count). The zero-order valence-corrected chi connectivity index (χ0v) is 15.6. The van der Waals surface area contributed by atoms with Crippen molar-refractivity contribution in [1.82, 2.24) is 4.90 Å². The number of ether oxygens (including phenoxy) is 3. The molecule has 1 aliphatic rings. The van der Waals surface area contributed by atoms with Gasteiger partial charge in [-0.3, -0.25) is 9.69 Å². The second kappa shape index (κ2) is 8.31. The number of amides is 1. The molecule has 0 aliphatic carbocycles. The third kappa shape index (κ3) is 4.04. The summed E-state index contributed by atoms with van der Waals surface area (Å²) in [5.74, 6) is 1.25. The number of benzene rings is 1. The molecule has 0 saturated carbocycles. The summed E-state index contributed by atoms with van der Waals surface area (Å²) < 4.78 is 22.5. The number of nitrogens with one attached hydrogen (secondary N) is 1. The van der Waals surface area contributed by atoms with E-state index in [1.165, 1.54) is 26.2 Å². The summed E-state index contributed by atoms with van der Waals surface area (Å²) in [7, 11) is 3.11. The van der Waals surface area contributed by atoms with Gasteiger partial charge in [-0.25, -0.2) is 0 Å². The van der Waals surface area contributed by atoms with Gasteiger partial charge in [0.15, 0.2) is 17.1 Å². The van der Waals surface area contributed by atoms with Crippen LogP contribution in [-0.2, 0) is 4.79 Å². The maximum atomic E-state index is 11.5. The van der Waals surface area contributed by atoms with Gasteiger partial charge in [0.25, 0.3) is 5.95 Å². The van der Waals surface area contributed by atoms with Crippen molar-refractivity contribution in [3.63, 3.8) is 0 Å². The zero-order chi connectivity index (χ0) is 18.5. The standard InChI is InChI=1S/C19H26N2O5/c1-13(22)20-15-12-16(23-2)19-14(18(15)24-3)11-17(26-19)25-10-9-21-7-5-4-6-8-21/h11-12H,4-10H2,1-3H3,(H,20,22). The number of nitrogens with zero attached hydrogens (tertiary/aromatic N) is 1. The third-order valence-corrected chi connectivity index (χ3v) is 4.53. The van der Waals surface area contributed by atoms with Gasteiger partial charge in [-0.1, -0.05) is 6.42 Å². The average molecular weight is 362 g/mol. The van der Waals surface area contributed by atoms with E-state index in [1.807, 2.05) is 0 Å². The first-order valence-electron chi connectivity index (χ1n) is 8.93. The maximum Gasteiger partial charge on any atom is 0.285 e. The molecule has 1 N–H and O–H groups in total. The van der Waals surface area contributed by atoms with Crippen molar-refractivity contribution < 1.29 is 23.4 Å². The Kier molecular flexibility index (Phi) is 5.88. The fraction of sp³-hybridized carbons (Fsp3) is 0.526. The Morgan fingerprint density at radius 1 is 1.19 bits per heavy atom. The zero-order valence-electron chi connectivity index (χ0n) is 15.6. The van der Waals surface area contributed by atoms with Gasteiger partial charge < -0.3 is 23.9 Å². The number of hydrogen-bond donors (Lipinski definition) is 1. The van der Waals surface area contributed by atoms with Gasteiger partial charge in [-0.2, -0.15) is 0 Å². The third-order valence-electron chi connectivity index (χ3n) is 4.53. The van der Waals surface area contributed by atoms with Gasteiger partial charge in [0, 0.05) is 25.6 Å². The van der Waals surface area contributed by atoms with Gasteiger partial charge in [0.2, 0.25) is 5.91 Å². The lowest BCUT2D eigenvalue weighted by Crippen LogP contribution is -2.33. The van der Waals surface area contributed by atoms with E-state index >= 15 is 0 Å². The fourth-order valence-electron chi connectivity index (χ4n) is 3.31. The number of methoxy groups -OCH3 is 2. The summed E-state index contributed by atoms with van der Waals surface area (Å²) in [5, 5.41) is 3.45. The van der Waals surface area contributed by atoms with Crippen molar-refractivity contribution >= 4 is 22.6 Å². The highest BCUT2D eigenvalue weighted by molar-refractivity contribution is 6.00. The molecular formula is C19H26N2O5. The number of piperidine rings is 1. The Balaban J connectivity index is 1.80. The van der Waals surface area contributed by atoms with Crippen molar-refractivity contribution in [1.29, 1.82) is 0 Å². The molecule has 0 unspecified atom stereocenters. The molecule has 1 amide bonds. The first-order valence-corrected chi connectivity index (χ1v) is 8.93. The highest BCUT2D eigenvalue weighted by Gasteiger charge is 2.20. The van der Waals surface area contributed by atoms with Gasteiger partial charge >= 0.3 is 0 Å². The van der Waals surface area contributed by atoms with E-state index in [1.54, 1.807) is 26.4 Å². The van der Waals surface area contributed by atoms with Crippen LogP contribution in [0.2, 0.25) is 0 Å². The Labute approximate surface area is 153 Å². The molecule has 142 valence electrons. The normalized spacial score (nSPS) is 15.0. The number of likely N-dealkylation sites (tertiary alicyclic amines) is 1. The molecule has 2 heterocycles. The average Bonchev–Trinajstić information content (AvgIpc) is 3.05. The Morgan fingerprint density at radius 3 is 2.62 bits per heavy atom. The molecule has 7 nitrogen and oxygen atoms in total. The monoisotopic (exact) mass is 362 g/mol. The minimum Gasteiger partial charge on any atom is -0.494 e. The molecule has 7 heteroatoms. The molecular weight excluding hydrogens is 336 g/mol. The van der Waals surface area contributed by atoms with Crippen LogP contribution in [0.4, 0.5) is 5.69 Å². The van der Waals surface area contributed by atoms with Crippen molar-refractivity contribution in [2.24, 2.45) is 0 Å². The largest absolute Gasteiger partial charge is 0.494 e. The molecule has 1 fully saturated rings. The number of carbonyl (C=O) groups is 1. The first kappa shape index (κ1) is 18.4. The summed E-state index contributed by atoms with van der Waals surface area (Å²) in [4.78, 5) is 13.9. The van der Waals surface area contributed by atoms with E-state index in [-0.39, 0.29) is 5.91 Å². The van der Waals surface area contributed by atoms with E-state index in [9.17, 15) is 4.79 Å². The number of carbonyl (C=O) groups excluding carboxylic acids is 1. The van der Waals surface area contributed by atoms with Crippen LogP contribution in [0, 0.1) is 0 Å². The van der Waals surface area contributed by atoms with Gasteiger partial charge in [0.05, 0.1) is 25.3 Å². The molecule has 0 bridgehead atoms. The first-order chi connectivity index (χ1) is 12.6. The van der Waals surface area contributed by atoms with E-state index in [2.05, 4.69) is 10.2 Å². The summed E-state index contributed by atoms with van der Waals surface area (Å²) >= 11 is 0. The van der Waals surface area contributed by atoms with Crippen LogP contribution < -0.4 is 19.5 Å². The van der Waals surface area contributed by atoms with Crippen molar-refractivity contribution in [3.05, 3.63) is 12.1 Å². The molecule has 1 aromatic carbocycles. The van der Waals surface area contributed by atoms with Crippen molar-refractivity contribution in [3.8, 4) is 17.4 Å². The molecule has 26 heavy (non-hydrogen) atoms. The van der Waals surface area contributed by atoms with Gasteiger partial charge in [0.1, 0.15) is 6.61 Å². The number of furan rings is 1. The lowest BCUT2D eigenvalue weighted by molar-refractivity contribution is -0.114. The predicted octanol–water partition coefficient (Wildman–Crippen LogP) is 3.27. The van der Waals surface area contributed by atoms with Gasteiger partial charge in [-0.15, -0.1) is 0 Å². The Morgan fingerprint density at radius 2 is 1.96 bits per heavy atom. The van der Waals surface area contributed by atoms with Crippen molar-refractivity contribution in [2.75, 3.05) is 45.8 Å². The quantitative estimate of drug-likeness (QED) is 0.815. The van der Waals surface area contributed by atoms with Crippen LogP contribution in [-0.4, -0.2) is 51.3 Å². The van der Waals surface area contributed by atoms with E-state index < -0.39 is 0 Å². The van der Waals surface area contributed by atoms with E-state index in [0.29, 0.717) is 40.7 Å². The molecule has 0 atom stereocenters. The summed E-state index contributed by atoms with van der Waals surface area (Å²) in [5.41, 5.74) is 1.07. The number of fused-ring (bicyclic) bond motifs is 1. The smallest absolute Gasteiger partial charge is 0.285 e. The fourth-order valence-corrected chi connectivity index (χ4v) is 3.31. The molecule has 0 spiro atoms. The van der Waals surface area contributed by atoms with Crippen LogP contribution in [0.3, 0.4) is 0 Å². The van der Waals surface area contributed by atoms with E-state index in [4.69, 9.17) is 18.6 Å². The van der Waals surface area contributed by atoms with Crippen LogP contribution in [0.25, 0.3) is 11.0 Å². The maximum absolute atomic E-state index is 11.5. The minimum atomic E-state index is -0.189. The molecule has 1 saturated heterocycles.